The predicted molar refractivity (Wildman–Crippen MR) is 75.4 cm³/mol. The van der Waals surface area contributed by atoms with Crippen LogP contribution in [-0.2, 0) is 28.7 Å². The van der Waals surface area contributed by atoms with Gasteiger partial charge in [-0.25, -0.2) is 10.1 Å². The topological polar surface area (TPSA) is 112 Å². The van der Waals surface area contributed by atoms with Crippen molar-refractivity contribution in [2.75, 3.05) is 6.61 Å². The van der Waals surface area contributed by atoms with E-state index in [9.17, 15) is 14.7 Å². The molecule has 0 radical (unpaired) electrons. The zero-order valence-corrected chi connectivity index (χ0v) is 12.9. The Balaban J connectivity index is 4.74. The zero-order chi connectivity index (χ0) is 17.4. The van der Waals surface area contributed by atoms with Crippen LogP contribution in [0.1, 0.15) is 27.2 Å². The summed E-state index contributed by atoms with van der Waals surface area (Å²) in [4.78, 5) is 27.1. The summed E-state index contributed by atoms with van der Waals surface area (Å²) in [6, 6.07) is 0. The van der Waals surface area contributed by atoms with Gasteiger partial charge in [0.1, 0.15) is 6.61 Å². The first kappa shape index (κ1) is 20.3. The molecule has 8 heteroatoms. The number of carbonyl (C=O) groups excluding carboxylic acids is 2. The molecule has 22 heavy (non-hydrogen) atoms. The smallest absolute Gasteiger partial charge is 0.378 e. The van der Waals surface area contributed by atoms with Gasteiger partial charge in [0.2, 0.25) is 0 Å². The van der Waals surface area contributed by atoms with Crippen molar-refractivity contribution in [3.63, 3.8) is 0 Å². The minimum absolute atomic E-state index is 0.103. The molecule has 0 aliphatic carbocycles. The molecule has 0 saturated heterocycles. The summed E-state index contributed by atoms with van der Waals surface area (Å²) < 4.78 is 14.6. The maximum Gasteiger partial charge on any atom is 0.378 e. The molecule has 0 spiro atoms. The fourth-order valence-corrected chi connectivity index (χ4v) is 1.28. The highest BCUT2D eigenvalue weighted by atomic mass is 17.2. The van der Waals surface area contributed by atoms with Gasteiger partial charge in [0.25, 0.3) is 0 Å². The maximum absolute atomic E-state index is 11.7. The first-order valence-corrected chi connectivity index (χ1v) is 6.43. The lowest BCUT2D eigenvalue weighted by molar-refractivity contribution is -0.471. The molecule has 0 rings (SSSR count). The maximum atomic E-state index is 11.7. The van der Waals surface area contributed by atoms with Gasteiger partial charge in [-0.15, -0.1) is 0 Å². The van der Waals surface area contributed by atoms with E-state index < -0.39 is 36.0 Å². The lowest BCUT2D eigenvalue weighted by atomic mass is 10.2. The Labute approximate surface area is 128 Å². The third-order valence-corrected chi connectivity index (χ3v) is 2.06. The molecule has 0 aromatic heterocycles. The molecule has 0 aromatic carbocycles. The Morgan fingerprint density at radius 2 is 1.86 bits per heavy atom. The number of ether oxygens (including phenoxy) is 3. The van der Waals surface area contributed by atoms with Gasteiger partial charge in [-0.05, 0) is 20.8 Å². The molecule has 0 saturated carbocycles. The first-order chi connectivity index (χ1) is 10.1. The lowest BCUT2D eigenvalue weighted by Gasteiger charge is -2.33. The van der Waals surface area contributed by atoms with E-state index in [0.29, 0.717) is 0 Å². The second kappa shape index (κ2) is 8.64. The molecule has 126 valence electrons. The third-order valence-electron chi connectivity index (χ3n) is 2.06. The van der Waals surface area contributed by atoms with Crippen LogP contribution in [0, 0.1) is 0 Å². The summed E-state index contributed by atoms with van der Waals surface area (Å²) in [6.07, 6.45) is -0.230. The Morgan fingerprint density at radius 1 is 1.27 bits per heavy atom. The van der Waals surface area contributed by atoms with Gasteiger partial charge >= 0.3 is 17.9 Å². The van der Waals surface area contributed by atoms with Crippen molar-refractivity contribution in [2.45, 2.75) is 44.9 Å². The van der Waals surface area contributed by atoms with Gasteiger partial charge in [0.05, 0.1) is 12.0 Å². The summed E-state index contributed by atoms with van der Waals surface area (Å²) in [5, 5.41) is 18.4. The van der Waals surface area contributed by atoms with Gasteiger partial charge in [0, 0.05) is 6.08 Å². The van der Waals surface area contributed by atoms with E-state index in [4.69, 9.17) is 14.7 Å². The summed E-state index contributed by atoms with van der Waals surface area (Å²) in [5.74, 6) is -4.33. The average Bonchev–Trinajstić information content (AvgIpc) is 2.42. The van der Waals surface area contributed by atoms with E-state index in [1.807, 2.05) is 0 Å². The molecule has 0 bridgehead atoms. The number of rotatable bonds is 9. The SMILES string of the molecule is C=CCOC(=O)C(O)CC(=O)OC(C=C)(OO)OC(C)(C)C. The van der Waals surface area contributed by atoms with Gasteiger partial charge < -0.3 is 19.3 Å². The molecule has 0 aliphatic heterocycles. The number of aliphatic hydroxyl groups excluding tert-OH is 1. The number of hydrogen-bond donors (Lipinski definition) is 2. The van der Waals surface area contributed by atoms with Crippen LogP contribution >= 0.6 is 0 Å². The van der Waals surface area contributed by atoms with Crippen molar-refractivity contribution in [2.24, 2.45) is 0 Å². The largest absolute Gasteiger partial charge is 0.460 e. The Morgan fingerprint density at radius 3 is 2.27 bits per heavy atom. The molecule has 2 unspecified atom stereocenters. The van der Waals surface area contributed by atoms with Crippen LogP contribution in [0.5, 0.6) is 0 Å². The summed E-state index contributed by atoms with van der Waals surface area (Å²) in [7, 11) is 0. The van der Waals surface area contributed by atoms with Gasteiger partial charge in [-0.3, -0.25) is 4.79 Å². The van der Waals surface area contributed by atoms with E-state index in [-0.39, 0.29) is 6.61 Å². The van der Waals surface area contributed by atoms with Gasteiger partial charge in [-0.1, -0.05) is 19.2 Å². The number of hydrogen-bond acceptors (Lipinski definition) is 8. The molecule has 0 amide bonds. The highest BCUT2D eigenvalue weighted by Gasteiger charge is 2.39. The Bertz CT molecular complexity index is 412. The zero-order valence-electron chi connectivity index (χ0n) is 12.9. The van der Waals surface area contributed by atoms with Gasteiger partial charge in [0.15, 0.2) is 6.10 Å². The van der Waals surface area contributed by atoms with Crippen LogP contribution < -0.4 is 0 Å². The molecular formula is C14H22O8. The molecule has 0 aromatic rings. The third kappa shape index (κ3) is 7.32. The fourth-order valence-electron chi connectivity index (χ4n) is 1.28. The van der Waals surface area contributed by atoms with Crippen molar-refractivity contribution in [3.05, 3.63) is 25.3 Å². The number of esters is 2. The molecule has 8 nitrogen and oxygen atoms in total. The Kier molecular flexibility index (Phi) is 7.96. The quantitative estimate of drug-likeness (QED) is 0.214. The molecule has 0 fully saturated rings. The first-order valence-electron chi connectivity index (χ1n) is 6.43. The van der Waals surface area contributed by atoms with Crippen molar-refractivity contribution < 1.29 is 39.1 Å². The minimum atomic E-state index is -2.25. The van der Waals surface area contributed by atoms with E-state index in [1.54, 1.807) is 20.8 Å². The second-order valence-corrected chi connectivity index (χ2v) is 5.23. The van der Waals surface area contributed by atoms with E-state index >= 15 is 0 Å². The summed E-state index contributed by atoms with van der Waals surface area (Å²) >= 11 is 0. The minimum Gasteiger partial charge on any atom is -0.460 e. The molecular weight excluding hydrogens is 296 g/mol. The van der Waals surface area contributed by atoms with Crippen LogP contribution in [0.3, 0.4) is 0 Å². The van der Waals surface area contributed by atoms with Crippen LogP contribution in [-0.4, -0.2) is 46.6 Å². The number of aliphatic hydroxyl groups is 1. The Hall–Kier alpha value is -1.74. The van der Waals surface area contributed by atoms with Crippen molar-refractivity contribution >= 4 is 11.9 Å². The molecule has 2 N–H and O–H groups in total. The monoisotopic (exact) mass is 318 g/mol. The standard InChI is InChI=1S/C14H22O8/c1-6-8-19-12(17)10(15)9-11(16)20-14(7-2,22-18)21-13(3,4)5/h6-7,10,15,18H,1-2,8-9H2,3-5H3. The summed E-state index contributed by atoms with van der Waals surface area (Å²) in [5.41, 5.74) is -0.849. The highest BCUT2D eigenvalue weighted by molar-refractivity contribution is 5.81. The average molecular weight is 318 g/mol. The number of carbonyl (C=O) groups is 2. The van der Waals surface area contributed by atoms with Gasteiger partial charge in [-0.2, -0.15) is 4.89 Å². The normalized spacial score (nSPS) is 15.3. The highest BCUT2D eigenvalue weighted by Crippen LogP contribution is 2.24. The van der Waals surface area contributed by atoms with Crippen LogP contribution in [0.4, 0.5) is 0 Å². The van der Waals surface area contributed by atoms with E-state index in [0.717, 1.165) is 6.08 Å². The predicted octanol–water partition coefficient (Wildman–Crippen LogP) is 1.15. The lowest BCUT2D eigenvalue weighted by Crippen LogP contribution is -2.44. The van der Waals surface area contributed by atoms with Crippen LogP contribution in [0.15, 0.2) is 25.3 Å². The summed E-state index contributed by atoms with van der Waals surface area (Å²) in [6.45, 7) is 11.4. The fraction of sp³-hybridized carbons (Fsp3) is 0.571. The van der Waals surface area contributed by atoms with Crippen molar-refractivity contribution in [1.29, 1.82) is 0 Å². The van der Waals surface area contributed by atoms with Crippen molar-refractivity contribution in [1.82, 2.24) is 0 Å². The van der Waals surface area contributed by atoms with E-state index in [1.165, 1.54) is 6.08 Å². The molecule has 0 aliphatic rings. The van der Waals surface area contributed by atoms with Crippen LogP contribution in [0.25, 0.3) is 0 Å². The van der Waals surface area contributed by atoms with Crippen LogP contribution in [0.2, 0.25) is 0 Å². The second-order valence-electron chi connectivity index (χ2n) is 5.23. The van der Waals surface area contributed by atoms with Crippen molar-refractivity contribution in [3.8, 4) is 0 Å². The van der Waals surface area contributed by atoms with E-state index in [2.05, 4.69) is 22.8 Å². The molecule has 2 atom stereocenters. The molecule has 0 heterocycles.